The predicted octanol–water partition coefficient (Wildman–Crippen LogP) is 5.24. The van der Waals surface area contributed by atoms with Crippen molar-refractivity contribution in [3.05, 3.63) is 77.3 Å². The Morgan fingerprint density at radius 3 is 2.73 bits per heavy atom. The van der Waals surface area contributed by atoms with Crippen molar-refractivity contribution in [1.82, 2.24) is 9.55 Å². The molecule has 0 bridgehead atoms. The van der Waals surface area contributed by atoms with Gasteiger partial charge in [-0.05, 0) is 48.9 Å². The van der Waals surface area contributed by atoms with Crippen LogP contribution in [0, 0.1) is 0 Å². The van der Waals surface area contributed by atoms with Gasteiger partial charge in [0.15, 0.2) is 0 Å². The number of nitrogens with one attached hydrogen (secondary N) is 1. The molecule has 1 unspecified atom stereocenters. The van der Waals surface area contributed by atoms with Crippen LogP contribution in [0.1, 0.15) is 18.9 Å². The van der Waals surface area contributed by atoms with Gasteiger partial charge in [0.05, 0.1) is 16.7 Å². The molecule has 0 radical (unpaired) electrons. The van der Waals surface area contributed by atoms with Crippen LogP contribution in [0.4, 0.5) is 11.4 Å². The highest BCUT2D eigenvalue weighted by Gasteiger charge is 2.56. The van der Waals surface area contributed by atoms with Gasteiger partial charge < -0.3 is 10.2 Å². The Balaban J connectivity index is 1.76. The highest BCUT2D eigenvalue weighted by Crippen LogP contribution is 2.51. The van der Waals surface area contributed by atoms with E-state index in [1.54, 1.807) is 0 Å². The van der Waals surface area contributed by atoms with Gasteiger partial charge in [-0.1, -0.05) is 42.8 Å². The fourth-order valence-corrected chi connectivity index (χ4v) is 4.99. The molecule has 2 aliphatic rings. The quantitative estimate of drug-likeness (QED) is 0.488. The minimum absolute atomic E-state index is 0.0134. The number of para-hydroxylation sites is 3. The summed E-state index contributed by atoms with van der Waals surface area (Å²) in [7, 11) is 0. The van der Waals surface area contributed by atoms with Crippen molar-refractivity contribution < 1.29 is 4.79 Å². The SMILES string of the molecule is CCCN1C(=O)C2(Nc3ccccc3-c3nc4ccccc4n32)c2cc(Cl)ccc21. The number of benzene rings is 3. The highest BCUT2D eigenvalue weighted by atomic mass is 35.5. The lowest BCUT2D eigenvalue weighted by Crippen LogP contribution is -2.53. The zero-order chi connectivity index (χ0) is 20.5. The van der Waals surface area contributed by atoms with Gasteiger partial charge in [0, 0.05) is 28.4 Å². The summed E-state index contributed by atoms with van der Waals surface area (Å²) in [5, 5.41) is 4.20. The third-order valence-corrected chi connectivity index (χ3v) is 6.26. The molecule has 30 heavy (non-hydrogen) atoms. The molecule has 0 saturated heterocycles. The second-order valence-electron chi connectivity index (χ2n) is 7.76. The van der Waals surface area contributed by atoms with Crippen molar-refractivity contribution >= 4 is 39.9 Å². The van der Waals surface area contributed by atoms with E-state index in [1.807, 2.05) is 71.6 Å². The molecule has 1 N–H and O–H groups in total. The number of amides is 1. The standard InChI is InChI=1S/C24H19ClN4O/c1-2-13-28-20-12-11-15(25)14-17(20)24(23(28)30)27-18-8-4-3-7-16(18)22-26-19-9-5-6-10-21(19)29(22)24/h3-12,14,27H,2,13H2,1H3. The number of rotatable bonds is 2. The molecular weight excluding hydrogens is 396 g/mol. The number of fused-ring (bicyclic) bond motifs is 8. The van der Waals surface area contributed by atoms with Crippen LogP contribution in [0.5, 0.6) is 0 Å². The van der Waals surface area contributed by atoms with Crippen LogP contribution in [0.2, 0.25) is 5.02 Å². The largest absolute Gasteiger partial charge is 0.350 e. The molecule has 2 aliphatic heterocycles. The lowest BCUT2D eigenvalue weighted by molar-refractivity contribution is -0.123. The Labute approximate surface area is 178 Å². The molecule has 0 aliphatic carbocycles. The average Bonchev–Trinajstić information content (AvgIpc) is 3.25. The van der Waals surface area contributed by atoms with Gasteiger partial charge in [-0.15, -0.1) is 0 Å². The summed E-state index contributed by atoms with van der Waals surface area (Å²) in [4.78, 5) is 20.9. The Kier molecular flexibility index (Phi) is 3.56. The molecular formula is C24H19ClN4O. The lowest BCUT2D eigenvalue weighted by Gasteiger charge is -2.38. The molecule has 0 saturated carbocycles. The van der Waals surface area contributed by atoms with Gasteiger partial charge >= 0.3 is 0 Å². The number of imidazole rings is 1. The summed E-state index contributed by atoms with van der Waals surface area (Å²) in [6.45, 7) is 2.72. The molecule has 1 aromatic heterocycles. The molecule has 1 atom stereocenters. The van der Waals surface area contributed by atoms with Crippen molar-refractivity contribution in [2.24, 2.45) is 0 Å². The number of anilines is 2. The third kappa shape index (κ3) is 2.08. The maximum atomic E-state index is 14.1. The van der Waals surface area contributed by atoms with Gasteiger partial charge in [-0.2, -0.15) is 0 Å². The first-order valence-electron chi connectivity index (χ1n) is 10.1. The second-order valence-corrected chi connectivity index (χ2v) is 8.20. The van der Waals surface area contributed by atoms with E-state index < -0.39 is 5.66 Å². The number of halogens is 1. The fourth-order valence-electron chi connectivity index (χ4n) is 4.82. The molecule has 1 amide bonds. The molecule has 6 heteroatoms. The molecule has 148 valence electrons. The normalized spacial score (nSPS) is 19.0. The van der Waals surface area contributed by atoms with Crippen molar-refractivity contribution in [2.75, 3.05) is 16.8 Å². The first kappa shape index (κ1) is 17.5. The zero-order valence-electron chi connectivity index (χ0n) is 16.4. The van der Waals surface area contributed by atoms with Gasteiger partial charge in [0.1, 0.15) is 5.82 Å². The summed E-state index contributed by atoms with van der Waals surface area (Å²) >= 11 is 6.44. The summed E-state index contributed by atoms with van der Waals surface area (Å²) in [6, 6.07) is 21.7. The number of nitrogens with zero attached hydrogens (tertiary/aromatic N) is 3. The zero-order valence-corrected chi connectivity index (χ0v) is 17.1. The van der Waals surface area contributed by atoms with Crippen molar-refractivity contribution in [1.29, 1.82) is 0 Å². The van der Waals surface area contributed by atoms with E-state index in [0.29, 0.717) is 11.6 Å². The Hall–Kier alpha value is -3.31. The van der Waals surface area contributed by atoms with Gasteiger partial charge in [0.25, 0.3) is 5.91 Å². The topological polar surface area (TPSA) is 50.2 Å². The van der Waals surface area contributed by atoms with Crippen molar-refractivity contribution in [2.45, 2.75) is 19.0 Å². The molecule has 6 rings (SSSR count). The molecule has 1 spiro atoms. The van der Waals surface area contributed by atoms with Crippen LogP contribution in [-0.4, -0.2) is 22.0 Å². The maximum Gasteiger partial charge on any atom is 0.279 e. The van der Waals surface area contributed by atoms with E-state index in [4.69, 9.17) is 16.6 Å². The average molecular weight is 415 g/mol. The first-order chi connectivity index (χ1) is 14.6. The lowest BCUT2D eigenvalue weighted by atomic mass is 9.95. The van der Waals surface area contributed by atoms with Crippen molar-refractivity contribution in [3.63, 3.8) is 0 Å². The Morgan fingerprint density at radius 2 is 1.87 bits per heavy atom. The number of hydrogen-bond acceptors (Lipinski definition) is 3. The highest BCUT2D eigenvalue weighted by molar-refractivity contribution is 6.31. The number of hydrogen-bond donors (Lipinski definition) is 1. The minimum atomic E-state index is -1.13. The monoisotopic (exact) mass is 414 g/mol. The van der Waals surface area contributed by atoms with Crippen LogP contribution in [0.25, 0.3) is 22.4 Å². The van der Waals surface area contributed by atoms with Gasteiger partial charge in [-0.25, -0.2) is 4.98 Å². The van der Waals surface area contributed by atoms with Crippen LogP contribution in [0.15, 0.2) is 66.7 Å². The van der Waals surface area contributed by atoms with Crippen LogP contribution in [-0.2, 0) is 10.5 Å². The Bertz CT molecular complexity index is 1340. The van der Waals surface area contributed by atoms with Crippen LogP contribution in [0.3, 0.4) is 0 Å². The molecule has 3 heterocycles. The number of carbonyl (C=O) groups excluding carboxylic acids is 1. The van der Waals surface area contributed by atoms with E-state index >= 15 is 0 Å². The van der Waals surface area contributed by atoms with Crippen LogP contribution < -0.4 is 10.2 Å². The summed E-state index contributed by atoms with van der Waals surface area (Å²) in [5.41, 5.74) is 4.24. The third-order valence-electron chi connectivity index (χ3n) is 6.02. The van der Waals surface area contributed by atoms with E-state index in [0.717, 1.165) is 45.8 Å². The van der Waals surface area contributed by atoms with Gasteiger partial charge in [0.2, 0.25) is 5.66 Å². The second kappa shape index (κ2) is 6.09. The molecule has 0 fully saturated rings. The fraction of sp³-hybridized carbons (Fsp3) is 0.167. The molecule has 4 aromatic rings. The molecule has 5 nitrogen and oxygen atoms in total. The predicted molar refractivity (Wildman–Crippen MR) is 120 cm³/mol. The Morgan fingerprint density at radius 1 is 1.07 bits per heavy atom. The van der Waals surface area contributed by atoms with E-state index in [2.05, 4.69) is 16.8 Å². The molecule has 3 aromatic carbocycles. The van der Waals surface area contributed by atoms with Crippen molar-refractivity contribution in [3.8, 4) is 11.4 Å². The minimum Gasteiger partial charge on any atom is -0.350 e. The maximum absolute atomic E-state index is 14.1. The van der Waals surface area contributed by atoms with Gasteiger partial charge in [-0.3, -0.25) is 9.36 Å². The van der Waals surface area contributed by atoms with E-state index in [1.165, 1.54) is 0 Å². The number of aromatic nitrogens is 2. The summed E-state index contributed by atoms with van der Waals surface area (Å²) < 4.78 is 2.05. The van der Waals surface area contributed by atoms with E-state index in [-0.39, 0.29) is 5.91 Å². The first-order valence-corrected chi connectivity index (χ1v) is 10.5. The van der Waals surface area contributed by atoms with Crippen LogP contribution >= 0.6 is 11.6 Å². The summed E-state index contributed by atoms with van der Waals surface area (Å²) in [5.74, 6) is 0.767. The smallest absolute Gasteiger partial charge is 0.279 e. The van der Waals surface area contributed by atoms with E-state index in [9.17, 15) is 4.79 Å². The summed E-state index contributed by atoms with van der Waals surface area (Å²) in [6.07, 6.45) is 0.859. The number of carbonyl (C=O) groups is 1.